The van der Waals surface area contributed by atoms with Gasteiger partial charge in [0.25, 0.3) is 0 Å². The highest BCUT2D eigenvalue weighted by atomic mass is 15.0. The van der Waals surface area contributed by atoms with Gasteiger partial charge in [-0.15, -0.1) is 0 Å². The van der Waals surface area contributed by atoms with Gasteiger partial charge in [0.05, 0.1) is 17.1 Å². The molecule has 0 bridgehead atoms. The average Bonchev–Trinajstić information content (AvgIpc) is 2.27. The van der Waals surface area contributed by atoms with Crippen LogP contribution in [0, 0.1) is 13.8 Å². The normalized spacial score (nSPS) is 10.8. The molecule has 0 aliphatic rings. The molecular formula is C13H23N3. The van der Waals surface area contributed by atoms with Crippen LogP contribution in [-0.4, -0.2) is 6.04 Å². The third-order valence-electron chi connectivity index (χ3n) is 3.26. The zero-order chi connectivity index (χ0) is 12.3. The van der Waals surface area contributed by atoms with E-state index >= 15 is 0 Å². The van der Waals surface area contributed by atoms with Crippen molar-refractivity contribution in [1.29, 1.82) is 0 Å². The molecule has 16 heavy (non-hydrogen) atoms. The number of anilines is 3. The zero-order valence-corrected chi connectivity index (χ0v) is 10.7. The van der Waals surface area contributed by atoms with E-state index in [4.69, 9.17) is 11.5 Å². The smallest absolute Gasteiger partial charge is 0.0812 e. The molecular weight excluding hydrogens is 198 g/mol. The lowest BCUT2D eigenvalue weighted by Crippen LogP contribution is -2.19. The number of hydrogen-bond donors (Lipinski definition) is 3. The SMILES string of the molecule is CCC(CC)Nc1c(N)cc(C)c(C)c1N. The first-order chi connectivity index (χ1) is 7.51. The molecule has 0 aromatic heterocycles. The van der Waals surface area contributed by atoms with Crippen molar-refractivity contribution in [3.63, 3.8) is 0 Å². The molecule has 0 aliphatic heterocycles. The number of benzene rings is 1. The molecule has 0 radical (unpaired) electrons. The summed E-state index contributed by atoms with van der Waals surface area (Å²) in [4.78, 5) is 0. The van der Waals surface area contributed by atoms with Crippen molar-refractivity contribution in [3.05, 3.63) is 17.2 Å². The van der Waals surface area contributed by atoms with Crippen LogP contribution < -0.4 is 16.8 Å². The molecule has 1 rings (SSSR count). The lowest BCUT2D eigenvalue weighted by atomic mass is 10.0. The van der Waals surface area contributed by atoms with E-state index < -0.39 is 0 Å². The third-order valence-corrected chi connectivity index (χ3v) is 3.26. The summed E-state index contributed by atoms with van der Waals surface area (Å²) in [6.07, 6.45) is 2.14. The first-order valence-electron chi connectivity index (χ1n) is 5.92. The van der Waals surface area contributed by atoms with Crippen molar-refractivity contribution in [2.45, 2.75) is 46.6 Å². The maximum Gasteiger partial charge on any atom is 0.0812 e. The highest BCUT2D eigenvalue weighted by Crippen LogP contribution is 2.32. The molecule has 0 saturated heterocycles. The monoisotopic (exact) mass is 221 g/mol. The van der Waals surface area contributed by atoms with E-state index in [2.05, 4.69) is 19.2 Å². The van der Waals surface area contributed by atoms with Crippen LogP contribution in [0.4, 0.5) is 17.1 Å². The third kappa shape index (κ3) is 2.40. The Labute approximate surface area is 98.2 Å². The van der Waals surface area contributed by atoms with Gasteiger partial charge in [0.15, 0.2) is 0 Å². The Hall–Kier alpha value is -1.38. The van der Waals surface area contributed by atoms with E-state index in [1.165, 1.54) is 0 Å². The minimum absolute atomic E-state index is 0.437. The molecule has 3 nitrogen and oxygen atoms in total. The van der Waals surface area contributed by atoms with Gasteiger partial charge < -0.3 is 16.8 Å². The zero-order valence-electron chi connectivity index (χ0n) is 10.7. The van der Waals surface area contributed by atoms with Gasteiger partial charge in [0.2, 0.25) is 0 Å². The average molecular weight is 221 g/mol. The molecule has 3 heteroatoms. The molecule has 0 atom stereocenters. The van der Waals surface area contributed by atoms with E-state index in [0.29, 0.717) is 6.04 Å². The summed E-state index contributed by atoms with van der Waals surface area (Å²) < 4.78 is 0. The standard InChI is InChI=1S/C13H23N3/c1-5-10(6-2)16-13-11(14)7-8(3)9(4)12(13)15/h7,10,16H,5-6,14-15H2,1-4H3. The fraction of sp³-hybridized carbons (Fsp3) is 0.538. The predicted octanol–water partition coefficient (Wildman–Crippen LogP) is 3.07. The van der Waals surface area contributed by atoms with Crippen LogP contribution in [0.3, 0.4) is 0 Å². The maximum absolute atomic E-state index is 6.10. The minimum atomic E-state index is 0.437. The van der Waals surface area contributed by atoms with Gasteiger partial charge >= 0.3 is 0 Å². The lowest BCUT2D eigenvalue weighted by molar-refractivity contribution is 0.672. The Morgan fingerprint density at radius 1 is 1.19 bits per heavy atom. The van der Waals surface area contributed by atoms with Crippen LogP contribution in [0.15, 0.2) is 6.07 Å². The molecule has 1 aromatic carbocycles. The highest BCUT2D eigenvalue weighted by Gasteiger charge is 2.12. The van der Waals surface area contributed by atoms with Gasteiger partial charge in [-0.05, 0) is 43.9 Å². The first kappa shape index (κ1) is 12.7. The Bertz CT molecular complexity index is 368. The Morgan fingerprint density at radius 3 is 2.25 bits per heavy atom. The van der Waals surface area contributed by atoms with Crippen LogP contribution in [-0.2, 0) is 0 Å². The number of nitrogens with two attached hydrogens (primary N) is 2. The van der Waals surface area contributed by atoms with Gasteiger partial charge in [-0.2, -0.15) is 0 Å². The van der Waals surface area contributed by atoms with E-state index in [1.807, 2.05) is 19.9 Å². The number of aryl methyl sites for hydroxylation is 1. The van der Waals surface area contributed by atoms with Crippen LogP contribution in [0.25, 0.3) is 0 Å². The molecule has 0 spiro atoms. The summed E-state index contributed by atoms with van der Waals surface area (Å²) in [7, 11) is 0. The number of nitrogens with one attached hydrogen (secondary N) is 1. The molecule has 0 fully saturated rings. The van der Waals surface area contributed by atoms with E-state index in [1.54, 1.807) is 0 Å². The summed E-state index contributed by atoms with van der Waals surface area (Å²) >= 11 is 0. The summed E-state index contributed by atoms with van der Waals surface area (Å²) in [6.45, 7) is 8.38. The first-order valence-corrected chi connectivity index (χ1v) is 5.92. The molecule has 0 saturated carbocycles. The second-order valence-electron chi connectivity index (χ2n) is 4.35. The maximum atomic E-state index is 6.10. The summed E-state index contributed by atoms with van der Waals surface area (Å²) in [6, 6.07) is 2.42. The molecule has 0 amide bonds. The van der Waals surface area contributed by atoms with Gasteiger partial charge in [-0.25, -0.2) is 0 Å². The van der Waals surface area contributed by atoms with Crippen molar-refractivity contribution >= 4 is 17.1 Å². The predicted molar refractivity (Wildman–Crippen MR) is 72.7 cm³/mol. The van der Waals surface area contributed by atoms with Crippen LogP contribution in [0.2, 0.25) is 0 Å². The van der Waals surface area contributed by atoms with E-state index in [0.717, 1.165) is 41.0 Å². The van der Waals surface area contributed by atoms with Crippen LogP contribution >= 0.6 is 0 Å². The molecule has 5 N–H and O–H groups in total. The van der Waals surface area contributed by atoms with Crippen LogP contribution in [0.1, 0.15) is 37.8 Å². The number of nitrogen functional groups attached to an aromatic ring is 2. The van der Waals surface area contributed by atoms with Crippen molar-refractivity contribution in [1.82, 2.24) is 0 Å². The van der Waals surface area contributed by atoms with E-state index in [9.17, 15) is 0 Å². The Kier molecular flexibility index (Phi) is 4.05. The van der Waals surface area contributed by atoms with Crippen LogP contribution in [0.5, 0.6) is 0 Å². The fourth-order valence-electron chi connectivity index (χ4n) is 1.83. The quantitative estimate of drug-likeness (QED) is 0.685. The number of rotatable bonds is 4. The second kappa shape index (κ2) is 5.10. The largest absolute Gasteiger partial charge is 0.397 e. The second-order valence-corrected chi connectivity index (χ2v) is 4.35. The Morgan fingerprint density at radius 2 is 1.75 bits per heavy atom. The van der Waals surface area contributed by atoms with Crippen molar-refractivity contribution in [2.75, 3.05) is 16.8 Å². The van der Waals surface area contributed by atoms with Crippen molar-refractivity contribution in [2.24, 2.45) is 0 Å². The van der Waals surface area contributed by atoms with Gasteiger partial charge in [0.1, 0.15) is 0 Å². The molecule has 1 aromatic rings. The van der Waals surface area contributed by atoms with E-state index in [-0.39, 0.29) is 0 Å². The lowest BCUT2D eigenvalue weighted by Gasteiger charge is -2.21. The summed E-state index contributed by atoms with van der Waals surface area (Å²) in [5, 5.41) is 3.43. The van der Waals surface area contributed by atoms with Gasteiger partial charge in [0, 0.05) is 6.04 Å². The van der Waals surface area contributed by atoms with Crippen molar-refractivity contribution < 1.29 is 0 Å². The van der Waals surface area contributed by atoms with Gasteiger partial charge in [-0.1, -0.05) is 13.8 Å². The molecule has 90 valence electrons. The molecule has 0 unspecified atom stereocenters. The highest BCUT2D eigenvalue weighted by molar-refractivity contribution is 5.83. The summed E-state index contributed by atoms with van der Waals surface area (Å²) in [5.41, 5.74) is 16.8. The molecule has 0 heterocycles. The Balaban J connectivity index is 3.09. The van der Waals surface area contributed by atoms with Gasteiger partial charge in [-0.3, -0.25) is 0 Å². The topological polar surface area (TPSA) is 64.1 Å². The number of hydrogen-bond acceptors (Lipinski definition) is 3. The van der Waals surface area contributed by atoms with Crippen molar-refractivity contribution in [3.8, 4) is 0 Å². The minimum Gasteiger partial charge on any atom is -0.397 e. The fourth-order valence-corrected chi connectivity index (χ4v) is 1.83. The summed E-state index contributed by atoms with van der Waals surface area (Å²) in [5.74, 6) is 0. The molecule has 0 aliphatic carbocycles.